The molecular formula is C19H12F2N2O. The molecule has 4 rings (SSSR count). The molecule has 0 atom stereocenters. The summed E-state index contributed by atoms with van der Waals surface area (Å²) < 4.78 is 27.4. The van der Waals surface area contributed by atoms with Gasteiger partial charge in [-0.3, -0.25) is 4.79 Å². The molecule has 0 spiro atoms. The molecule has 118 valence electrons. The van der Waals surface area contributed by atoms with E-state index in [1.807, 2.05) is 0 Å². The van der Waals surface area contributed by atoms with Gasteiger partial charge in [0.1, 0.15) is 5.82 Å². The maximum absolute atomic E-state index is 14.2. The third kappa shape index (κ3) is 2.34. The number of pyridine rings is 1. The Morgan fingerprint density at radius 3 is 2.46 bits per heavy atom. The molecule has 1 N–H and O–H groups in total. The molecule has 0 fully saturated rings. The monoisotopic (exact) mass is 322 g/mol. The number of carbonyl (C=O) groups excluding carboxylic acids is 1. The third-order valence-corrected chi connectivity index (χ3v) is 4.13. The minimum Gasteiger partial charge on any atom is -0.348 e. The van der Waals surface area contributed by atoms with Gasteiger partial charge in [-0.2, -0.15) is 4.39 Å². The summed E-state index contributed by atoms with van der Waals surface area (Å²) in [6, 6.07) is 12.7. The summed E-state index contributed by atoms with van der Waals surface area (Å²) in [4.78, 5) is 15.7. The van der Waals surface area contributed by atoms with Crippen molar-refractivity contribution in [1.82, 2.24) is 10.3 Å². The van der Waals surface area contributed by atoms with Crippen LogP contribution in [0.25, 0.3) is 22.3 Å². The lowest BCUT2D eigenvalue weighted by molar-refractivity contribution is 0.0966. The molecule has 1 amide bonds. The van der Waals surface area contributed by atoms with E-state index in [1.165, 1.54) is 18.3 Å². The number of benzene rings is 2. The number of amides is 1. The van der Waals surface area contributed by atoms with E-state index in [0.29, 0.717) is 34.4 Å². The number of halogens is 2. The van der Waals surface area contributed by atoms with Crippen molar-refractivity contribution in [3.63, 3.8) is 0 Å². The smallest absolute Gasteiger partial charge is 0.251 e. The van der Waals surface area contributed by atoms with Crippen molar-refractivity contribution in [3.8, 4) is 22.3 Å². The summed E-state index contributed by atoms with van der Waals surface area (Å²) in [6.45, 7) is 0.409. The number of hydrogen-bond acceptors (Lipinski definition) is 2. The van der Waals surface area contributed by atoms with Crippen LogP contribution >= 0.6 is 0 Å². The quantitative estimate of drug-likeness (QED) is 0.726. The van der Waals surface area contributed by atoms with Gasteiger partial charge in [-0.15, -0.1) is 0 Å². The molecule has 0 radical (unpaired) electrons. The second-order valence-corrected chi connectivity index (χ2v) is 5.59. The molecular weight excluding hydrogens is 310 g/mol. The molecule has 5 heteroatoms. The molecule has 24 heavy (non-hydrogen) atoms. The van der Waals surface area contributed by atoms with Gasteiger partial charge in [0.25, 0.3) is 5.91 Å². The number of aromatic nitrogens is 1. The van der Waals surface area contributed by atoms with Crippen LogP contribution in [-0.2, 0) is 6.54 Å². The van der Waals surface area contributed by atoms with Crippen LogP contribution in [0, 0.1) is 11.8 Å². The van der Waals surface area contributed by atoms with Gasteiger partial charge in [0.15, 0.2) is 0 Å². The van der Waals surface area contributed by atoms with Crippen molar-refractivity contribution in [3.05, 3.63) is 77.6 Å². The van der Waals surface area contributed by atoms with E-state index in [0.717, 1.165) is 5.56 Å². The average molecular weight is 322 g/mol. The lowest BCUT2D eigenvalue weighted by atomic mass is 9.91. The number of carbonyl (C=O) groups is 1. The predicted octanol–water partition coefficient (Wildman–Crippen LogP) is 3.94. The van der Waals surface area contributed by atoms with Crippen LogP contribution in [0.5, 0.6) is 0 Å². The van der Waals surface area contributed by atoms with Crippen molar-refractivity contribution in [2.75, 3.05) is 0 Å². The van der Waals surface area contributed by atoms with Crippen molar-refractivity contribution >= 4 is 5.91 Å². The Kier molecular flexibility index (Phi) is 3.34. The van der Waals surface area contributed by atoms with Gasteiger partial charge in [0.2, 0.25) is 5.95 Å². The van der Waals surface area contributed by atoms with Crippen molar-refractivity contribution in [2.45, 2.75) is 6.54 Å². The molecule has 0 bridgehead atoms. The van der Waals surface area contributed by atoms with E-state index in [1.54, 1.807) is 36.4 Å². The number of nitrogens with one attached hydrogen (secondary N) is 1. The zero-order chi connectivity index (χ0) is 16.7. The zero-order valence-electron chi connectivity index (χ0n) is 12.5. The summed E-state index contributed by atoms with van der Waals surface area (Å²) in [7, 11) is 0. The number of nitrogens with zero attached hydrogens (tertiary/aromatic N) is 1. The fraction of sp³-hybridized carbons (Fsp3) is 0.0526. The summed E-state index contributed by atoms with van der Waals surface area (Å²) in [6.07, 6.45) is 1.38. The van der Waals surface area contributed by atoms with Crippen LogP contribution in [0.15, 0.2) is 54.7 Å². The van der Waals surface area contributed by atoms with Crippen LogP contribution in [0.4, 0.5) is 8.78 Å². The highest BCUT2D eigenvalue weighted by Crippen LogP contribution is 2.36. The normalized spacial score (nSPS) is 12.8. The Labute approximate surface area is 137 Å². The Morgan fingerprint density at radius 1 is 0.917 bits per heavy atom. The molecule has 0 unspecified atom stereocenters. The van der Waals surface area contributed by atoms with Crippen LogP contribution in [0.1, 0.15) is 15.9 Å². The highest BCUT2D eigenvalue weighted by atomic mass is 19.1. The number of fused-ring (bicyclic) bond motifs is 1. The van der Waals surface area contributed by atoms with Crippen LogP contribution < -0.4 is 5.32 Å². The van der Waals surface area contributed by atoms with Crippen LogP contribution in [0.3, 0.4) is 0 Å². The SMILES string of the molecule is O=C1NCc2cc(-c3cccnc3F)c(-c3ccc(F)cc3)cc21. The molecule has 1 aromatic heterocycles. The second-order valence-electron chi connectivity index (χ2n) is 5.59. The fourth-order valence-corrected chi connectivity index (χ4v) is 2.95. The molecule has 0 saturated carbocycles. The first kappa shape index (κ1) is 14.5. The summed E-state index contributed by atoms with van der Waals surface area (Å²) in [5.41, 5.74) is 3.71. The molecule has 1 aliphatic rings. The summed E-state index contributed by atoms with van der Waals surface area (Å²) >= 11 is 0. The topological polar surface area (TPSA) is 42.0 Å². The van der Waals surface area contributed by atoms with Crippen molar-refractivity contribution < 1.29 is 13.6 Å². The van der Waals surface area contributed by atoms with E-state index < -0.39 is 5.95 Å². The van der Waals surface area contributed by atoms with Gasteiger partial charge in [-0.05, 0) is 58.7 Å². The first-order valence-corrected chi connectivity index (χ1v) is 7.45. The minimum atomic E-state index is -0.585. The molecule has 3 aromatic rings. The zero-order valence-corrected chi connectivity index (χ0v) is 12.5. The Hall–Kier alpha value is -3.08. The highest BCUT2D eigenvalue weighted by Gasteiger charge is 2.23. The Morgan fingerprint density at radius 2 is 1.71 bits per heavy atom. The van der Waals surface area contributed by atoms with E-state index in [9.17, 15) is 13.6 Å². The van der Waals surface area contributed by atoms with Gasteiger partial charge in [0, 0.05) is 23.9 Å². The highest BCUT2D eigenvalue weighted by molar-refractivity contribution is 6.01. The van der Waals surface area contributed by atoms with Gasteiger partial charge < -0.3 is 5.32 Å². The van der Waals surface area contributed by atoms with E-state index in [4.69, 9.17) is 0 Å². The summed E-state index contributed by atoms with van der Waals surface area (Å²) in [5.74, 6) is -1.10. The predicted molar refractivity (Wildman–Crippen MR) is 86.2 cm³/mol. The lowest BCUT2D eigenvalue weighted by Crippen LogP contribution is -2.12. The fourth-order valence-electron chi connectivity index (χ4n) is 2.95. The van der Waals surface area contributed by atoms with Crippen LogP contribution in [0.2, 0.25) is 0 Å². The van der Waals surface area contributed by atoms with E-state index >= 15 is 0 Å². The molecule has 2 heterocycles. The first-order valence-electron chi connectivity index (χ1n) is 7.45. The van der Waals surface area contributed by atoms with Gasteiger partial charge in [-0.1, -0.05) is 12.1 Å². The van der Waals surface area contributed by atoms with Crippen LogP contribution in [-0.4, -0.2) is 10.9 Å². The minimum absolute atomic E-state index is 0.161. The first-order chi connectivity index (χ1) is 11.6. The van der Waals surface area contributed by atoms with Crippen molar-refractivity contribution in [1.29, 1.82) is 0 Å². The number of rotatable bonds is 2. The van der Waals surface area contributed by atoms with Gasteiger partial charge in [-0.25, -0.2) is 9.37 Å². The molecule has 1 aliphatic heterocycles. The van der Waals surface area contributed by atoms with Gasteiger partial charge >= 0.3 is 0 Å². The molecule has 0 aliphatic carbocycles. The standard InChI is InChI=1S/C19H12F2N2O/c20-13-5-3-11(4-6-13)15-9-16-12(10-23-19(16)24)8-17(15)14-2-1-7-22-18(14)21/h1-9H,10H2,(H,23,24). The van der Waals surface area contributed by atoms with Gasteiger partial charge in [0.05, 0.1) is 0 Å². The average Bonchev–Trinajstić information content (AvgIpc) is 2.95. The maximum atomic E-state index is 14.2. The largest absolute Gasteiger partial charge is 0.348 e. The third-order valence-electron chi connectivity index (χ3n) is 4.13. The maximum Gasteiger partial charge on any atom is 0.251 e. The molecule has 0 saturated heterocycles. The molecule has 3 nitrogen and oxygen atoms in total. The van der Waals surface area contributed by atoms with E-state index in [-0.39, 0.29) is 11.7 Å². The number of hydrogen-bond donors (Lipinski definition) is 1. The second kappa shape index (κ2) is 5.53. The Balaban J connectivity index is 2.00. The molecule has 2 aromatic carbocycles. The van der Waals surface area contributed by atoms with Crippen molar-refractivity contribution in [2.24, 2.45) is 0 Å². The lowest BCUT2D eigenvalue weighted by Gasteiger charge is -2.13. The Bertz CT molecular complexity index is 952. The summed E-state index contributed by atoms with van der Waals surface area (Å²) in [5, 5.41) is 2.76. The van der Waals surface area contributed by atoms with E-state index in [2.05, 4.69) is 10.3 Å².